The van der Waals surface area contributed by atoms with E-state index in [0.717, 1.165) is 83.4 Å². The predicted octanol–water partition coefficient (Wildman–Crippen LogP) is 13.5. The maximum Gasteiger partial charge on any atom is 0.160 e. The molecule has 0 fully saturated rings. The van der Waals surface area contributed by atoms with Gasteiger partial charge in [0, 0.05) is 27.5 Å². The van der Waals surface area contributed by atoms with E-state index in [1.165, 1.54) is 10.8 Å². The number of para-hydroxylation sites is 1. The lowest BCUT2D eigenvalue weighted by molar-refractivity contribution is 0.669. The standard InChI is InChI=1S/C50H32N2O/c1-3-14-34(15-4-1)42-19-9-10-20-43(42)47-32-46(51-50(52-47)35-16-5-2-6-17-35)41-29-39(37-24-23-33-13-7-8-18-36(33)27-37)28-40(30-41)38-25-26-49-45(31-38)44-21-11-12-22-48(44)53-49/h1-32H. The van der Waals surface area contributed by atoms with Crippen LogP contribution in [0.4, 0.5) is 0 Å². The molecule has 53 heavy (non-hydrogen) atoms. The van der Waals surface area contributed by atoms with Gasteiger partial charge in [-0.25, -0.2) is 9.97 Å². The van der Waals surface area contributed by atoms with Crippen LogP contribution in [0.1, 0.15) is 0 Å². The lowest BCUT2D eigenvalue weighted by Crippen LogP contribution is -1.97. The fraction of sp³-hybridized carbons (Fsp3) is 0. The van der Waals surface area contributed by atoms with E-state index in [2.05, 4.69) is 164 Å². The van der Waals surface area contributed by atoms with Gasteiger partial charge in [-0.1, -0.05) is 146 Å². The van der Waals surface area contributed by atoms with Gasteiger partial charge in [0.2, 0.25) is 0 Å². The molecule has 10 rings (SSSR count). The summed E-state index contributed by atoms with van der Waals surface area (Å²) >= 11 is 0. The van der Waals surface area contributed by atoms with E-state index in [1.807, 2.05) is 30.3 Å². The van der Waals surface area contributed by atoms with Gasteiger partial charge in [0.1, 0.15) is 11.2 Å². The number of hydrogen-bond donors (Lipinski definition) is 0. The van der Waals surface area contributed by atoms with Gasteiger partial charge >= 0.3 is 0 Å². The molecule has 0 saturated carbocycles. The fourth-order valence-electron chi connectivity index (χ4n) is 7.41. The minimum Gasteiger partial charge on any atom is -0.456 e. The van der Waals surface area contributed by atoms with Crippen molar-refractivity contribution in [3.05, 3.63) is 194 Å². The molecule has 0 radical (unpaired) electrons. The minimum atomic E-state index is 0.685. The van der Waals surface area contributed by atoms with Gasteiger partial charge in [0.25, 0.3) is 0 Å². The van der Waals surface area contributed by atoms with Crippen LogP contribution in [-0.2, 0) is 0 Å². The highest BCUT2D eigenvalue weighted by atomic mass is 16.3. The predicted molar refractivity (Wildman–Crippen MR) is 219 cm³/mol. The summed E-state index contributed by atoms with van der Waals surface area (Å²) in [4.78, 5) is 10.5. The number of rotatable bonds is 6. The Balaban J connectivity index is 1.21. The van der Waals surface area contributed by atoms with Gasteiger partial charge < -0.3 is 4.42 Å². The van der Waals surface area contributed by atoms with Crippen LogP contribution in [0, 0.1) is 0 Å². The first kappa shape index (κ1) is 30.7. The van der Waals surface area contributed by atoms with Crippen LogP contribution >= 0.6 is 0 Å². The van der Waals surface area contributed by atoms with Gasteiger partial charge in [0.05, 0.1) is 11.4 Å². The molecule has 0 spiro atoms. The Bertz CT molecular complexity index is 2950. The first-order valence-corrected chi connectivity index (χ1v) is 17.9. The first-order chi connectivity index (χ1) is 26.2. The summed E-state index contributed by atoms with van der Waals surface area (Å²) in [5, 5.41) is 4.63. The molecule has 0 aliphatic rings. The highest BCUT2D eigenvalue weighted by Gasteiger charge is 2.17. The average molecular weight is 677 g/mol. The molecule has 0 bridgehead atoms. The molecular formula is C50H32N2O. The molecule has 0 unspecified atom stereocenters. The second kappa shape index (κ2) is 12.9. The monoisotopic (exact) mass is 676 g/mol. The molecule has 2 aromatic heterocycles. The SMILES string of the molecule is c1ccc(-c2nc(-c3cc(-c4ccc5ccccc5c4)cc(-c4ccc5oc6ccccc6c5c4)c3)cc(-c3ccccc3-c3ccccc3)n2)cc1. The number of hydrogen-bond acceptors (Lipinski definition) is 3. The van der Waals surface area contributed by atoms with E-state index in [9.17, 15) is 0 Å². The van der Waals surface area contributed by atoms with Crippen LogP contribution in [0.25, 0.3) is 100.0 Å². The molecule has 8 aromatic carbocycles. The molecular weight excluding hydrogens is 645 g/mol. The van der Waals surface area contributed by atoms with Gasteiger partial charge in [0.15, 0.2) is 5.82 Å². The van der Waals surface area contributed by atoms with Crippen LogP contribution in [-0.4, -0.2) is 9.97 Å². The number of aromatic nitrogens is 2. The molecule has 0 aliphatic heterocycles. The molecule has 0 amide bonds. The Hall–Kier alpha value is -7.10. The smallest absolute Gasteiger partial charge is 0.160 e. The van der Waals surface area contributed by atoms with Crippen molar-refractivity contribution in [2.45, 2.75) is 0 Å². The van der Waals surface area contributed by atoms with Crippen LogP contribution < -0.4 is 0 Å². The molecule has 0 atom stereocenters. The van der Waals surface area contributed by atoms with E-state index in [-0.39, 0.29) is 0 Å². The molecule has 10 aromatic rings. The Morgan fingerprint density at radius 3 is 1.70 bits per heavy atom. The van der Waals surface area contributed by atoms with Gasteiger partial charge in [-0.05, 0) is 92.7 Å². The summed E-state index contributed by atoms with van der Waals surface area (Å²) in [5.74, 6) is 0.685. The van der Waals surface area contributed by atoms with E-state index < -0.39 is 0 Å². The highest BCUT2D eigenvalue weighted by molar-refractivity contribution is 6.06. The largest absolute Gasteiger partial charge is 0.456 e. The van der Waals surface area contributed by atoms with Gasteiger partial charge in [-0.3, -0.25) is 0 Å². The second-order valence-electron chi connectivity index (χ2n) is 13.4. The molecule has 248 valence electrons. The van der Waals surface area contributed by atoms with E-state index in [4.69, 9.17) is 14.4 Å². The number of benzene rings is 8. The zero-order chi connectivity index (χ0) is 35.1. The number of nitrogens with zero attached hydrogens (tertiary/aromatic N) is 2. The maximum absolute atomic E-state index is 6.21. The topological polar surface area (TPSA) is 38.9 Å². The Morgan fingerprint density at radius 2 is 0.887 bits per heavy atom. The van der Waals surface area contributed by atoms with Crippen molar-refractivity contribution in [3.8, 4) is 67.3 Å². The summed E-state index contributed by atoms with van der Waals surface area (Å²) in [6.07, 6.45) is 0. The van der Waals surface area contributed by atoms with Crippen LogP contribution in [0.5, 0.6) is 0 Å². The minimum absolute atomic E-state index is 0.685. The molecule has 0 saturated heterocycles. The lowest BCUT2D eigenvalue weighted by atomic mass is 9.92. The first-order valence-electron chi connectivity index (χ1n) is 17.9. The van der Waals surface area contributed by atoms with Gasteiger partial charge in [-0.15, -0.1) is 0 Å². The third-order valence-electron chi connectivity index (χ3n) is 10.1. The van der Waals surface area contributed by atoms with Crippen molar-refractivity contribution in [3.63, 3.8) is 0 Å². The number of fused-ring (bicyclic) bond motifs is 4. The Morgan fingerprint density at radius 1 is 0.302 bits per heavy atom. The summed E-state index contributed by atoms with van der Waals surface area (Å²) in [6, 6.07) is 68.2. The summed E-state index contributed by atoms with van der Waals surface area (Å²) < 4.78 is 6.21. The molecule has 3 heteroatoms. The lowest BCUT2D eigenvalue weighted by Gasteiger charge is -2.15. The van der Waals surface area contributed by atoms with E-state index >= 15 is 0 Å². The summed E-state index contributed by atoms with van der Waals surface area (Å²) in [6.45, 7) is 0. The molecule has 2 heterocycles. The van der Waals surface area contributed by atoms with Crippen molar-refractivity contribution < 1.29 is 4.42 Å². The van der Waals surface area contributed by atoms with Crippen molar-refractivity contribution in [2.75, 3.05) is 0 Å². The Labute approximate surface area is 307 Å². The molecule has 0 N–H and O–H groups in total. The summed E-state index contributed by atoms with van der Waals surface area (Å²) in [7, 11) is 0. The summed E-state index contributed by atoms with van der Waals surface area (Å²) in [5.41, 5.74) is 13.3. The van der Waals surface area contributed by atoms with Crippen molar-refractivity contribution in [1.29, 1.82) is 0 Å². The van der Waals surface area contributed by atoms with E-state index in [1.54, 1.807) is 0 Å². The number of furan rings is 1. The zero-order valence-corrected chi connectivity index (χ0v) is 28.8. The fourth-order valence-corrected chi connectivity index (χ4v) is 7.41. The normalized spacial score (nSPS) is 11.4. The third-order valence-corrected chi connectivity index (χ3v) is 10.1. The zero-order valence-electron chi connectivity index (χ0n) is 28.8. The van der Waals surface area contributed by atoms with E-state index in [0.29, 0.717) is 5.82 Å². The molecule has 0 aliphatic carbocycles. The third kappa shape index (κ3) is 5.75. The van der Waals surface area contributed by atoms with Crippen molar-refractivity contribution >= 4 is 32.7 Å². The van der Waals surface area contributed by atoms with Crippen LogP contribution in [0.3, 0.4) is 0 Å². The van der Waals surface area contributed by atoms with Crippen LogP contribution in [0.2, 0.25) is 0 Å². The quantitative estimate of drug-likeness (QED) is 0.176. The van der Waals surface area contributed by atoms with Crippen molar-refractivity contribution in [1.82, 2.24) is 9.97 Å². The average Bonchev–Trinajstić information content (AvgIpc) is 3.62. The van der Waals surface area contributed by atoms with Crippen LogP contribution in [0.15, 0.2) is 199 Å². The second-order valence-corrected chi connectivity index (χ2v) is 13.4. The molecule has 3 nitrogen and oxygen atoms in total. The van der Waals surface area contributed by atoms with Gasteiger partial charge in [-0.2, -0.15) is 0 Å². The highest BCUT2D eigenvalue weighted by Crippen LogP contribution is 2.39. The maximum atomic E-state index is 6.21. The Kier molecular flexibility index (Phi) is 7.47. The van der Waals surface area contributed by atoms with Crippen molar-refractivity contribution in [2.24, 2.45) is 0 Å².